The fourth-order valence-corrected chi connectivity index (χ4v) is 3.91. The Labute approximate surface area is 180 Å². The van der Waals surface area contributed by atoms with Gasteiger partial charge in [0.25, 0.3) is 0 Å². The third-order valence-corrected chi connectivity index (χ3v) is 5.61. The minimum atomic E-state index is -4.40. The van der Waals surface area contributed by atoms with Crippen molar-refractivity contribution in [3.63, 3.8) is 0 Å². The molecule has 0 amide bonds. The summed E-state index contributed by atoms with van der Waals surface area (Å²) in [4.78, 5) is 13.2. The number of nitrogens with one attached hydrogen (secondary N) is 2. The summed E-state index contributed by atoms with van der Waals surface area (Å²) in [7, 11) is 0. The molecule has 1 aromatic carbocycles. The maximum Gasteiger partial charge on any atom is 0.416 e. The Balaban J connectivity index is 1.66. The quantitative estimate of drug-likeness (QED) is 0.443. The number of pyridine rings is 1. The molecule has 0 spiro atoms. The average molecular weight is 478 g/mol. The average Bonchev–Trinajstić information content (AvgIpc) is 3.22. The topological polar surface area (TPSA) is 62.7 Å². The van der Waals surface area contributed by atoms with Gasteiger partial charge in [0.15, 0.2) is 0 Å². The maximum atomic E-state index is 12.9. The number of hydrogen-bond acceptors (Lipinski definition) is 5. The maximum absolute atomic E-state index is 12.9. The van der Waals surface area contributed by atoms with Gasteiger partial charge in [-0.05, 0) is 59.1 Å². The Kier molecular flexibility index (Phi) is 5.90. The predicted molar refractivity (Wildman–Crippen MR) is 114 cm³/mol. The van der Waals surface area contributed by atoms with E-state index in [-0.39, 0.29) is 0 Å². The largest absolute Gasteiger partial charge is 0.416 e. The summed E-state index contributed by atoms with van der Waals surface area (Å²) in [6.07, 6.45) is 3.44. The molecule has 2 N–H and O–H groups in total. The zero-order valence-corrected chi connectivity index (χ0v) is 17.5. The molecule has 1 saturated carbocycles. The minimum absolute atomic E-state index is 0.298. The van der Waals surface area contributed by atoms with E-state index < -0.39 is 11.7 Å². The monoisotopic (exact) mass is 477 g/mol. The summed E-state index contributed by atoms with van der Waals surface area (Å²) in [5, 5.41) is 6.49. The molecule has 1 aliphatic rings. The van der Waals surface area contributed by atoms with E-state index in [9.17, 15) is 13.2 Å². The number of hydrogen-bond donors (Lipinski definition) is 2. The summed E-state index contributed by atoms with van der Waals surface area (Å²) >= 11 is 3.22. The molecule has 0 saturated heterocycles. The van der Waals surface area contributed by atoms with E-state index in [1.165, 1.54) is 18.9 Å². The minimum Gasteiger partial charge on any atom is -0.351 e. The molecule has 1 aliphatic carbocycles. The predicted octanol–water partition coefficient (Wildman–Crippen LogP) is 6.42. The van der Waals surface area contributed by atoms with Gasteiger partial charge in [-0.25, -0.2) is 4.98 Å². The van der Waals surface area contributed by atoms with Crippen molar-refractivity contribution in [3.8, 4) is 11.3 Å². The summed E-state index contributed by atoms with van der Waals surface area (Å²) in [6.45, 7) is 0. The fraction of sp³-hybridized carbons (Fsp3) is 0.286. The van der Waals surface area contributed by atoms with Gasteiger partial charge in [-0.15, -0.1) is 0 Å². The number of benzene rings is 1. The number of rotatable bonds is 5. The zero-order chi connectivity index (χ0) is 21.1. The molecule has 5 nitrogen and oxygen atoms in total. The first kappa shape index (κ1) is 20.6. The number of halogens is 4. The Bertz CT molecular complexity index is 1020. The molecule has 0 aliphatic heterocycles. The van der Waals surface area contributed by atoms with Gasteiger partial charge in [-0.3, -0.25) is 4.98 Å². The first-order valence-electron chi connectivity index (χ1n) is 9.58. The number of anilines is 3. The normalized spacial score (nSPS) is 14.7. The van der Waals surface area contributed by atoms with E-state index in [4.69, 9.17) is 0 Å². The SMILES string of the molecule is FC(F)(F)c1ccc(Nc2cc(-c3ccncc3)nc(NC3CCCC3)n2)c(Br)c1. The van der Waals surface area contributed by atoms with Gasteiger partial charge < -0.3 is 10.6 Å². The molecule has 156 valence electrons. The smallest absolute Gasteiger partial charge is 0.351 e. The van der Waals surface area contributed by atoms with Crippen molar-refractivity contribution in [2.24, 2.45) is 0 Å². The number of aromatic nitrogens is 3. The van der Waals surface area contributed by atoms with Gasteiger partial charge in [0.05, 0.1) is 16.9 Å². The lowest BCUT2D eigenvalue weighted by molar-refractivity contribution is -0.137. The highest BCUT2D eigenvalue weighted by Crippen LogP contribution is 2.35. The first-order valence-corrected chi connectivity index (χ1v) is 10.4. The summed E-state index contributed by atoms with van der Waals surface area (Å²) in [6, 6.07) is 9.24. The Morgan fingerprint density at radius 3 is 2.37 bits per heavy atom. The van der Waals surface area contributed by atoms with Gasteiger partial charge in [0.2, 0.25) is 5.95 Å². The van der Waals surface area contributed by atoms with Crippen molar-refractivity contribution in [3.05, 3.63) is 58.8 Å². The molecule has 1 fully saturated rings. The van der Waals surface area contributed by atoms with Crippen LogP contribution >= 0.6 is 15.9 Å². The molecule has 2 aromatic heterocycles. The van der Waals surface area contributed by atoms with Crippen LogP contribution in [0.1, 0.15) is 31.2 Å². The molecule has 0 bridgehead atoms. The van der Waals surface area contributed by atoms with Crippen molar-refractivity contribution >= 4 is 33.4 Å². The van der Waals surface area contributed by atoms with Crippen LogP contribution in [0, 0.1) is 0 Å². The summed E-state index contributed by atoms with van der Waals surface area (Å²) in [5.41, 5.74) is 1.33. The van der Waals surface area contributed by atoms with Crippen LogP contribution in [0.3, 0.4) is 0 Å². The van der Waals surface area contributed by atoms with Gasteiger partial charge in [-0.2, -0.15) is 18.2 Å². The lowest BCUT2D eigenvalue weighted by Gasteiger charge is -2.16. The van der Waals surface area contributed by atoms with Crippen molar-refractivity contribution in [2.75, 3.05) is 10.6 Å². The fourth-order valence-electron chi connectivity index (χ4n) is 3.43. The second-order valence-corrected chi connectivity index (χ2v) is 8.00. The van der Waals surface area contributed by atoms with E-state index in [1.807, 2.05) is 12.1 Å². The molecular formula is C21H19BrF3N5. The van der Waals surface area contributed by atoms with Crippen LogP contribution in [0.5, 0.6) is 0 Å². The van der Waals surface area contributed by atoms with Crippen LogP contribution in [-0.2, 0) is 6.18 Å². The summed E-state index contributed by atoms with van der Waals surface area (Å²) in [5.74, 6) is 0.972. The molecule has 0 radical (unpaired) electrons. The van der Waals surface area contributed by atoms with Crippen LogP contribution in [0.25, 0.3) is 11.3 Å². The van der Waals surface area contributed by atoms with Crippen molar-refractivity contribution in [1.82, 2.24) is 15.0 Å². The van der Waals surface area contributed by atoms with Crippen LogP contribution in [0.4, 0.5) is 30.6 Å². The van der Waals surface area contributed by atoms with Gasteiger partial charge in [0.1, 0.15) is 5.82 Å². The highest BCUT2D eigenvalue weighted by atomic mass is 79.9. The van der Waals surface area contributed by atoms with Crippen molar-refractivity contribution < 1.29 is 13.2 Å². The molecule has 3 aromatic rings. The van der Waals surface area contributed by atoms with E-state index in [0.717, 1.165) is 30.5 Å². The first-order chi connectivity index (χ1) is 14.4. The molecule has 0 atom stereocenters. The molecule has 9 heteroatoms. The van der Waals surface area contributed by atoms with Crippen LogP contribution in [0.2, 0.25) is 0 Å². The second kappa shape index (κ2) is 8.59. The van der Waals surface area contributed by atoms with E-state index >= 15 is 0 Å². The van der Waals surface area contributed by atoms with Crippen molar-refractivity contribution in [1.29, 1.82) is 0 Å². The third kappa shape index (κ3) is 4.89. The third-order valence-electron chi connectivity index (χ3n) is 4.95. The molecule has 4 rings (SSSR count). The van der Waals surface area contributed by atoms with Crippen LogP contribution < -0.4 is 10.6 Å². The zero-order valence-electron chi connectivity index (χ0n) is 15.9. The standard InChI is InChI=1S/C21H19BrF3N5/c22-16-11-14(21(23,24)25)5-6-17(16)28-19-12-18(13-7-9-26-10-8-13)29-20(30-19)27-15-3-1-2-4-15/h5-12,15H,1-4H2,(H2,27,28,29,30). The van der Waals surface area contributed by atoms with Crippen LogP contribution in [-0.4, -0.2) is 21.0 Å². The second-order valence-electron chi connectivity index (χ2n) is 7.14. The van der Waals surface area contributed by atoms with Gasteiger partial charge in [0, 0.05) is 34.5 Å². The van der Waals surface area contributed by atoms with E-state index in [2.05, 4.69) is 41.5 Å². The summed E-state index contributed by atoms with van der Waals surface area (Å²) < 4.78 is 39.1. The van der Waals surface area contributed by atoms with Crippen molar-refractivity contribution in [2.45, 2.75) is 37.9 Å². The highest BCUT2D eigenvalue weighted by molar-refractivity contribution is 9.10. The highest BCUT2D eigenvalue weighted by Gasteiger charge is 2.30. The molecular weight excluding hydrogens is 459 g/mol. The Morgan fingerprint density at radius 2 is 1.70 bits per heavy atom. The van der Waals surface area contributed by atoms with Gasteiger partial charge in [-0.1, -0.05) is 12.8 Å². The van der Waals surface area contributed by atoms with E-state index in [0.29, 0.717) is 33.7 Å². The lowest BCUT2D eigenvalue weighted by Crippen LogP contribution is -2.17. The Morgan fingerprint density at radius 1 is 0.967 bits per heavy atom. The molecule has 0 unspecified atom stereocenters. The molecule has 2 heterocycles. The lowest BCUT2D eigenvalue weighted by atomic mass is 10.2. The van der Waals surface area contributed by atoms with Crippen LogP contribution in [0.15, 0.2) is 53.3 Å². The molecule has 30 heavy (non-hydrogen) atoms. The number of alkyl halides is 3. The van der Waals surface area contributed by atoms with Gasteiger partial charge >= 0.3 is 6.18 Å². The number of nitrogens with zero attached hydrogens (tertiary/aromatic N) is 3. The van der Waals surface area contributed by atoms with E-state index in [1.54, 1.807) is 18.5 Å². The Hall–Kier alpha value is -2.68.